The van der Waals surface area contributed by atoms with Crippen LogP contribution in [0, 0.1) is 0 Å². The number of methoxy groups -OCH3 is 1. The molecular weight excluding hydrogens is 302 g/mol. The van der Waals surface area contributed by atoms with Gasteiger partial charge in [0.15, 0.2) is 0 Å². The van der Waals surface area contributed by atoms with Gasteiger partial charge in [0.25, 0.3) is 0 Å². The number of aromatic amines is 1. The first-order valence-corrected chi connectivity index (χ1v) is 7.13. The fourth-order valence-corrected chi connectivity index (χ4v) is 2.45. The van der Waals surface area contributed by atoms with Crippen molar-refractivity contribution in [3.8, 4) is 5.75 Å². The van der Waals surface area contributed by atoms with E-state index >= 15 is 0 Å². The van der Waals surface area contributed by atoms with Crippen molar-refractivity contribution in [2.75, 3.05) is 7.11 Å². The van der Waals surface area contributed by atoms with E-state index in [0.29, 0.717) is 28.6 Å². The van der Waals surface area contributed by atoms with Crippen molar-refractivity contribution in [1.29, 1.82) is 0 Å². The van der Waals surface area contributed by atoms with Crippen LogP contribution in [-0.2, 0) is 11.3 Å². The molecule has 0 aliphatic carbocycles. The summed E-state index contributed by atoms with van der Waals surface area (Å²) in [6.45, 7) is 0.441. The molecule has 3 aromatic rings. The molecule has 1 aromatic heterocycles. The zero-order valence-corrected chi connectivity index (χ0v) is 12.7. The number of ether oxygens (including phenoxy) is 2. The molecule has 0 fully saturated rings. The number of hydrogen-bond acceptors (Lipinski definition) is 3. The molecule has 22 heavy (non-hydrogen) atoms. The average Bonchev–Trinajstić information content (AvgIpc) is 3.01. The number of fused-ring (bicyclic) bond motifs is 1. The van der Waals surface area contributed by atoms with Crippen LogP contribution in [0.4, 0.5) is 0 Å². The lowest BCUT2D eigenvalue weighted by atomic mass is 10.2. The lowest BCUT2D eigenvalue weighted by molar-refractivity contribution is 0.0595. The van der Waals surface area contributed by atoms with Crippen LogP contribution in [0.1, 0.15) is 16.1 Å². The number of rotatable bonds is 4. The fourth-order valence-electron chi connectivity index (χ4n) is 2.24. The molecule has 0 radical (unpaired) electrons. The molecular formula is C17H14ClNO3. The Kier molecular flexibility index (Phi) is 4.02. The standard InChI is InChI=1S/C17H14ClNO3/c1-21-17(20)14-9-12-15(8-7-13(18)16(12)19-14)22-10-11-5-3-2-4-6-11/h2-9,19H,10H2,1H3. The minimum Gasteiger partial charge on any atom is -0.488 e. The number of carbonyl (C=O) groups excluding carboxylic acids is 1. The summed E-state index contributed by atoms with van der Waals surface area (Å²) in [4.78, 5) is 14.6. The van der Waals surface area contributed by atoms with Gasteiger partial charge in [-0.25, -0.2) is 4.79 Å². The fraction of sp³-hybridized carbons (Fsp3) is 0.118. The Morgan fingerprint density at radius 1 is 1.18 bits per heavy atom. The zero-order chi connectivity index (χ0) is 15.5. The number of carbonyl (C=O) groups is 1. The Balaban J connectivity index is 1.94. The highest BCUT2D eigenvalue weighted by atomic mass is 35.5. The molecule has 0 saturated carbocycles. The molecule has 0 saturated heterocycles. The van der Waals surface area contributed by atoms with Crippen molar-refractivity contribution in [2.24, 2.45) is 0 Å². The summed E-state index contributed by atoms with van der Waals surface area (Å²) in [5, 5.41) is 1.28. The molecule has 3 rings (SSSR count). The molecule has 0 spiro atoms. The summed E-state index contributed by atoms with van der Waals surface area (Å²) in [5.41, 5.74) is 2.07. The lowest BCUT2D eigenvalue weighted by Gasteiger charge is -2.08. The summed E-state index contributed by atoms with van der Waals surface area (Å²) >= 11 is 6.17. The van der Waals surface area contributed by atoms with Crippen molar-refractivity contribution < 1.29 is 14.3 Å². The van der Waals surface area contributed by atoms with Crippen LogP contribution in [-0.4, -0.2) is 18.1 Å². The van der Waals surface area contributed by atoms with Gasteiger partial charge in [0.2, 0.25) is 0 Å². The Bertz CT molecular complexity index is 811. The summed E-state index contributed by atoms with van der Waals surface area (Å²) in [7, 11) is 1.34. The van der Waals surface area contributed by atoms with Gasteiger partial charge in [-0.2, -0.15) is 0 Å². The summed E-state index contributed by atoms with van der Waals surface area (Å²) < 4.78 is 10.6. The topological polar surface area (TPSA) is 51.3 Å². The Hall–Kier alpha value is -2.46. The first-order valence-electron chi connectivity index (χ1n) is 6.75. The number of nitrogens with one attached hydrogen (secondary N) is 1. The highest BCUT2D eigenvalue weighted by Gasteiger charge is 2.14. The smallest absolute Gasteiger partial charge is 0.354 e. The van der Waals surface area contributed by atoms with E-state index in [0.717, 1.165) is 10.9 Å². The van der Waals surface area contributed by atoms with Crippen molar-refractivity contribution in [3.63, 3.8) is 0 Å². The number of aromatic nitrogens is 1. The maximum Gasteiger partial charge on any atom is 0.354 e. The molecule has 112 valence electrons. The minimum absolute atomic E-state index is 0.343. The van der Waals surface area contributed by atoms with E-state index in [1.54, 1.807) is 18.2 Å². The molecule has 0 atom stereocenters. The van der Waals surface area contributed by atoms with Crippen molar-refractivity contribution in [3.05, 3.63) is 64.8 Å². The van der Waals surface area contributed by atoms with E-state index in [1.165, 1.54) is 7.11 Å². The highest BCUT2D eigenvalue weighted by molar-refractivity contribution is 6.35. The second-order valence-corrected chi connectivity index (χ2v) is 5.19. The first-order chi connectivity index (χ1) is 10.7. The van der Waals surface area contributed by atoms with Gasteiger partial charge in [0, 0.05) is 5.39 Å². The van der Waals surface area contributed by atoms with Crippen molar-refractivity contribution in [2.45, 2.75) is 6.61 Å². The van der Waals surface area contributed by atoms with Crippen LogP contribution in [0.5, 0.6) is 5.75 Å². The molecule has 0 aliphatic rings. The Morgan fingerprint density at radius 3 is 2.68 bits per heavy atom. The van der Waals surface area contributed by atoms with E-state index < -0.39 is 5.97 Å². The van der Waals surface area contributed by atoms with Gasteiger partial charge in [-0.3, -0.25) is 0 Å². The van der Waals surface area contributed by atoms with Crippen LogP contribution in [0.3, 0.4) is 0 Å². The predicted molar refractivity (Wildman–Crippen MR) is 85.4 cm³/mol. The van der Waals surface area contributed by atoms with Crippen LogP contribution in [0.15, 0.2) is 48.5 Å². The predicted octanol–water partition coefficient (Wildman–Crippen LogP) is 4.19. The number of hydrogen-bond donors (Lipinski definition) is 1. The summed E-state index contributed by atoms with van der Waals surface area (Å²) in [6.07, 6.45) is 0. The highest BCUT2D eigenvalue weighted by Crippen LogP contribution is 2.32. The van der Waals surface area contributed by atoms with E-state index in [-0.39, 0.29) is 0 Å². The van der Waals surface area contributed by atoms with E-state index in [9.17, 15) is 4.79 Å². The normalized spacial score (nSPS) is 10.6. The third kappa shape index (κ3) is 2.78. The maximum absolute atomic E-state index is 11.6. The van der Waals surface area contributed by atoms with Gasteiger partial charge in [-0.1, -0.05) is 41.9 Å². The Labute approximate surface area is 132 Å². The zero-order valence-electron chi connectivity index (χ0n) is 11.9. The molecule has 2 aromatic carbocycles. The molecule has 1 heterocycles. The van der Waals surface area contributed by atoms with Gasteiger partial charge in [0.1, 0.15) is 18.1 Å². The van der Waals surface area contributed by atoms with E-state index in [1.807, 2.05) is 30.3 Å². The monoisotopic (exact) mass is 315 g/mol. The largest absolute Gasteiger partial charge is 0.488 e. The van der Waals surface area contributed by atoms with E-state index in [4.69, 9.17) is 21.1 Å². The molecule has 0 unspecified atom stereocenters. The first kappa shape index (κ1) is 14.5. The van der Waals surface area contributed by atoms with Crippen molar-refractivity contribution in [1.82, 2.24) is 4.98 Å². The maximum atomic E-state index is 11.6. The molecule has 0 amide bonds. The lowest BCUT2D eigenvalue weighted by Crippen LogP contribution is -2.00. The SMILES string of the molecule is COC(=O)c1cc2c(OCc3ccccc3)ccc(Cl)c2[nH]1. The third-order valence-corrected chi connectivity index (χ3v) is 3.66. The molecule has 1 N–H and O–H groups in total. The van der Waals surface area contributed by atoms with Crippen molar-refractivity contribution >= 4 is 28.5 Å². The van der Waals surface area contributed by atoms with Crippen LogP contribution in [0.2, 0.25) is 5.02 Å². The minimum atomic E-state index is -0.443. The second kappa shape index (κ2) is 6.12. The molecule has 5 heteroatoms. The van der Waals surface area contributed by atoms with Crippen LogP contribution >= 0.6 is 11.6 Å². The van der Waals surface area contributed by atoms with Gasteiger partial charge in [-0.15, -0.1) is 0 Å². The van der Waals surface area contributed by atoms with Crippen LogP contribution < -0.4 is 4.74 Å². The van der Waals surface area contributed by atoms with Gasteiger partial charge >= 0.3 is 5.97 Å². The summed E-state index contributed by atoms with van der Waals surface area (Å²) in [6, 6.07) is 15.1. The quantitative estimate of drug-likeness (QED) is 0.735. The summed E-state index contributed by atoms with van der Waals surface area (Å²) in [5.74, 6) is 0.218. The number of benzene rings is 2. The van der Waals surface area contributed by atoms with E-state index in [2.05, 4.69) is 4.98 Å². The molecule has 4 nitrogen and oxygen atoms in total. The second-order valence-electron chi connectivity index (χ2n) is 4.78. The average molecular weight is 316 g/mol. The Morgan fingerprint density at radius 2 is 1.95 bits per heavy atom. The third-order valence-electron chi connectivity index (χ3n) is 3.35. The number of halogens is 1. The molecule has 0 aliphatic heterocycles. The van der Waals surface area contributed by atoms with Crippen LogP contribution in [0.25, 0.3) is 10.9 Å². The molecule has 0 bridgehead atoms. The number of esters is 1. The van der Waals surface area contributed by atoms with Gasteiger partial charge in [0.05, 0.1) is 17.6 Å². The number of H-pyrrole nitrogens is 1. The van der Waals surface area contributed by atoms with Gasteiger partial charge < -0.3 is 14.5 Å². The van der Waals surface area contributed by atoms with Gasteiger partial charge in [-0.05, 0) is 23.8 Å².